The molecule has 0 bridgehead atoms. The molecule has 1 aromatic rings. The highest BCUT2D eigenvalue weighted by Crippen LogP contribution is 2.40. The molecule has 1 aliphatic rings. The Morgan fingerprint density at radius 2 is 1.96 bits per heavy atom. The fourth-order valence-electron chi connectivity index (χ4n) is 3.24. The van der Waals surface area contributed by atoms with Gasteiger partial charge in [0.25, 0.3) is 0 Å². The SMILES string of the molecule is CN=C(NCc1noc(C(C)(C)C)n1)NCC1(CCOC)CCCC1.I. The van der Waals surface area contributed by atoms with E-state index in [0.717, 1.165) is 25.5 Å². The van der Waals surface area contributed by atoms with Crippen LogP contribution in [-0.4, -0.2) is 43.4 Å². The van der Waals surface area contributed by atoms with Crippen molar-refractivity contribution in [3.8, 4) is 0 Å². The average molecular weight is 479 g/mol. The van der Waals surface area contributed by atoms with Crippen molar-refractivity contribution >= 4 is 29.9 Å². The van der Waals surface area contributed by atoms with Crippen LogP contribution in [0, 0.1) is 5.41 Å². The normalized spacial score (nSPS) is 17.0. The lowest BCUT2D eigenvalue weighted by Gasteiger charge is -2.29. The number of hydrogen-bond donors (Lipinski definition) is 2. The third kappa shape index (κ3) is 6.68. The minimum Gasteiger partial charge on any atom is -0.385 e. The molecule has 0 radical (unpaired) electrons. The monoisotopic (exact) mass is 479 g/mol. The zero-order valence-electron chi connectivity index (χ0n) is 16.7. The van der Waals surface area contributed by atoms with Crippen molar-refractivity contribution in [2.24, 2.45) is 10.4 Å². The number of halogens is 1. The van der Waals surface area contributed by atoms with Gasteiger partial charge in [-0.2, -0.15) is 4.98 Å². The number of guanidine groups is 1. The van der Waals surface area contributed by atoms with Crippen molar-refractivity contribution < 1.29 is 9.26 Å². The number of aliphatic imine (C=N–C) groups is 1. The van der Waals surface area contributed by atoms with Crippen LogP contribution in [0.5, 0.6) is 0 Å². The number of aromatic nitrogens is 2. The molecule has 0 aromatic carbocycles. The number of hydrogen-bond acceptors (Lipinski definition) is 5. The molecule has 0 spiro atoms. The molecule has 0 amide bonds. The van der Waals surface area contributed by atoms with Crippen molar-refractivity contribution in [2.45, 2.75) is 64.8 Å². The van der Waals surface area contributed by atoms with Crippen LogP contribution in [0.3, 0.4) is 0 Å². The van der Waals surface area contributed by atoms with E-state index in [1.807, 2.05) is 0 Å². The van der Waals surface area contributed by atoms with E-state index in [-0.39, 0.29) is 29.4 Å². The highest BCUT2D eigenvalue weighted by Gasteiger charge is 2.33. The molecule has 2 N–H and O–H groups in total. The first kappa shape index (κ1) is 23.1. The Morgan fingerprint density at radius 1 is 1.27 bits per heavy atom. The van der Waals surface area contributed by atoms with Crippen molar-refractivity contribution in [2.75, 3.05) is 27.3 Å². The van der Waals surface area contributed by atoms with E-state index < -0.39 is 0 Å². The number of rotatable bonds is 7. The van der Waals surface area contributed by atoms with Crippen molar-refractivity contribution in [3.05, 3.63) is 11.7 Å². The number of nitrogens with zero attached hydrogens (tertiary/aromatic N) is 3. The quantitative estimate of drug-likeness (QED) is 0.355. The van der Waals surface area contributed by atoms with Crippen molar-refractivity contribution in [1.82, 2.24) is 20.8 Å². The van der Waals surface area contributed by atoms with E-state index in [9.17, 15) is 0 Å². The van der Waals surface area contributed by atoms with Crippen LogP contribution < -0.4 is 10.6 Å². The molecular formula is C18H34IN5O2. The van der Waals surface area contributed by atoms with Crippen LogP contribution in [-0.2, 0) is 16.7 Å². The molecule has 150 valence electrons. The maximum atomic E-state index is 5.32. The van der Waals surface area contributed by atoms with Crippen molar-refractivity contribution in [1.29, 1.82) is 0 Å². The van der Waals surface area contributed by atoms with Gasteiger partial charge in [0.05, 0.1) is 6.54 Å². The summed E-state index contributed by atoms with van der Waals surface area (Å²) in [6.07, 6.45) is 6.19. The first-order valence-corrected chi connectivity index (χ1v) is 9.15. The topological polar surface area (TPSA) is 84.6 Å². The summed E-state index contributed by atoms with van der Waals surface area (Å²) in [5.74, 6) is 2.06. The van der Waals surface area contributed by atoms with E-state index >= 15 is 0 Å². The van der Waals surface area contributed by atoms with Gasteiger partial charge >= 0.3 is 0 Å². The summed E-state index contributed by atoms with van der Waals surface area (Å²) in [7, 11) is 3.55. The molecule has 26 heavy (non-hydrogen) atoms. The molecule has 1 aromatic heterocycles. The Bertz CT molecular complexity index is 562. The summed E-state index contributed by atoms with van der Waals surface area (Å²) in [6, 6.07) is 0. The zero-order valence-corrected chi connectivity index (χ0v) is 19.1. The second-order valence-corrected chi connectivity index (χ2v) is 7.99. The summed E-state index contributed by atoms with van der Waals surface area (Å²) in [4.78, 5) is 8.75. The Balaban J connectivity index is 0.00000338. The highest BCUT2D eigenvalue weighted by molar-refractivity contribution is 14.0. The van der Waals surface area contributed by atoms with Gasteiger partial charge in [0.1, 0.15) is 0 Å². The Labute approximate surface area is 174 Å². The molecule has 7 nitrogen and oxygen atoms in total. The fourth-order valence-corrected chi connectivity index (χ4v) is 3.24. The lowest BCUT2D eigenvalue weighted by Crippen LogP contribution is -2.43. The van der Waals surface area contributed by atoms with Gasteiger partial charge < -0.3 is 19.9 Å². The van der Waals surface area contributed by atoms with Gasteiger partial charge in [0.15, 0.2) is 11.8 Å². The molecule has 8 heteroatoms. The Hall–Kier alpha value is -0.900. The molecular weight excluding hydrogens is 445 g/mol. The standard InChI is InChI=1S/C18H33N5O2.HI/c1-17(2,3)15-22-14(23-25-15)12-20-16(19-4)21-13-18(10-11-24-5)8-6-7-9-18;/h6-13H2,1-5H3,(H2,19,20,21);1H. The van der Waals surface area contributed by atoms with Gasteiger partial charge in [0.2, 0.25) is 5.89 Å². The van der Waals surface area contributed by atoms with Crippen LogP contribution in [0.1, 0.15) is 64.6 Å². The minimum absolute atomic E-state index is 0. The molecule has 2 rings (SSSR count). The molecule has 1 heterocycles. The molecule has 0 aliphatic heterocycles. The first-order chi connectivity index (χ1) is 11.9. The van der Waals surface area contributed by atoms with Crippen LogP contribution in [0.2, 0.25) is 0 Å². The average Bonchev–Trinajstić information content (AvgIpc) is 3.23. The van der Waals surface area contributed by atoms with Gasteiger partial charge in [-0.1, -0.05) is 38.8 Å². The van der Waals surface area contributed by atoms with Crippen LogP contribution in [0.4, 0.5) is 0 Å². The molecule has 1 fully saturated rings. The summed E-state index contributed by atoms with van der Waals surface area (Å²) in [5.41, 5.74) is 0.181. The summed E-state index contributed by atoms with van der Waals surface area (Å²) in [6.45, 7) is 8.38. The lowest BCUT2D eigenvalue weighted by atomic mass is 9.83. The van der Waals surface area contributed by atoms with E-state index in [1.54, 1.807) is 14.2 Å². The number of nitrogens with one attached hydrogen (secondary N) is 2. The van der Waals surface area contributed by atoms with Gasteiger partial charge in [-0.3, -0.25) is 4.99 Å². The molecule has 0 saturated heterocycles. The Morgan fingerprint density at radius 3 is 2.50 bits per heavy atom. The third-order valence-electron chi connectivity index (χ3n) is 4.88. The van der Waals surface area contributed by atoms with Crippen LogP contribution >= 0.6 is 24.0 Å². The maximum absolute atomic E-state index is 5.32. The van der Waals surface area contributed by atoms with Crippen LogP contribution in [0.25, 0.3) is 0 Å². The minimum atomic E-state index is -0.138. The Kier molecular flexibility index (Phi) is 9.29. The molecule has 0 atom stereocenters. The smallest absolute Gasteiger partial charge is 0.232 e. The third-order valence-corrected chi connectivity index (χ3v) is 4.88. The highest BCUT2D eigenvalue weighted by atomic mass is 127. The second-order valence-electron chi connectivity index (χ2n) is 7.99. The predicted molar refractivity (Wildman–Crippen MR) is 114 cm³/mol. The van der Waals surface area contributed by atoms with E-state index in [4.69, 9.17) is 9.26 Å². The zero-order chi connectivity index (χ0) is 18.3. The number of ether oxygens (including phenoxy) is 1. The second kappa shape index (κ2) is 10.4. The van der Waals surface area contributed by atoms with E-state index in [0.29, 0.717) is 23.7 Å². The van der Waals surface area contributed by atoms with Gasteiger partial charge in [-0.05, 0) is 24.7 Å². The largest absolute Gasteiger partial charge is 0.385 e. The van der Waals surface area contributed by atoms with E-state index in [1.165, 1.54) is 25.7 Å². The summed E-state index contributed by atoms with van der Waals surface area (Å²) in [5, 5.41) is 10.8. The lowest BCUT2D eigenvalue weighted by molar-refractivity contribution is 0.138. The first-order valence-electron chi connectivity index (χ1n) is 9.15. The summed E-state index contributed by atoms with van der Waals surface area (Å²) >= 11 is 0. The maximum Gasteiger partial charge on any atom is 0.232 e. The molecule has 1 saturated carbocycles. The van der Waals surface area contributed by atoms with E-state index in [2.05, 4.69) is 46.5 Å². The van der Waals surface area contributed by atoms with Crippen molar-refractivity contribution in [3.63, 3.8) is 0 Å². The number of methoxy groups -OCH3 is 1. The summed E-state index contributed by atoms with van der Waals surface area (Å²) < 4.78 is 10.6. The van der Waals surface area contributed by atoms with Gasteiger partial charge in [-0.15, -0.1) is 24.0 Å². The molecule has 1 aliphatic carbocycles. The fraction of sp³-hybridized carbons (Fsp3) is 0.833. The van der Waals surface area contributed by atoms with Gasteiger partial charge in [0, 0.05) is 32.7 Å². The molecule has 0 unspecified atom stereocenters. The van der Waals surface area contributed by atoms with Crippen LogP contribution in [0.15, 0.2) is 9.52 Å². The predicted octanol–water partition coefficient (Wildman–Crippen LogP) is 3.25. The van der Waals surface area contributed by atoms with Gasteiger partial charge in [-0.25, -0.2) is 0 Å².